The topological polar surface area (TPSA) is 82.3 Å². The molecule has 0 saturated heterocycles. The Morgan fingerprint density at radius 2 is 1.95 bits per heavy atom. The van der Waals surface area contributed by atoms with E-state index in [1.807, 2.05) is 24.3 Å². The van der Waals surface area contributed by atoms with Crippen LogP contribution < -0.4 is 4.74 Å². The van der Waals surface area contributed by atoms with Crippen molar-refractivity contribution in [1.82, 2.24) is 0 Å². The minimum absolute atomic E-state index is 0.0510. The Balaban J connectivity index is 2.29. The number of nitrogens with zero attached hydrogens (tertiary/aromatic N) is 1. The van der Waals surface area contributed by atoms with Gasteiger partial charge in [0.25, 0.3) is 0 Å². The number of aromatic hydroxyl groups is 2. The second-order valence-electron chi connectivity index (χ2n) is 4.28. The van der Waals surface area contributed by atoms with Gasteiger partial charge in [-0.2, -0.15) is 0 Å². The zero-order chi connectivity index (χ0) is 14.5. The first-order chi connectivity index (χ1) is 9.63. The molecule has 5 nitrogen and oxygen atoms in total. The van der Waals surface area contributed by atoms with Crippen LogP contribution in [0.3, 0.4) is 0 Å². The van der Waals surface area contributed by atoms with Crippen LogP contribution in [0.1, 0.15) is 11.1 Å². The Morgan fingerprint density at radius 1 is 1.15 bits per heavy atom. The Bertz CT molecular complexity index is 638. The lowest BCUT2D eigenvalue weighted by Crippen LogP contribution is -2.06. The van der Waals surface area contributed by atoms with E-state index in [2.05, 4.69) is 5.16 Å². The lowest BCUT2D eigenvalue weighted by molar-refractivity contribution is 0.318. The van der Waals surface area contributed by atoms with Gasteiger partial charge in [-0.25, -0.2) is 0 Å². The molecule has 0 aromatic heterocycles. The van der Waals surface area contributed by atoms with Gasteiger partial charge >= 0.3 is 0 Å². The fraction of sp³-hybridized carbons (Fsp3) is 0.133. The van der Waals surface area contributed by atoms with Crippen LogP contribution in [0.25, 0.3) is 0 Å². The molecule has 0 aliphatic heterocycles. The van der Waals surface area contributed by atoms with Crippen molar-refractivity contribution in [3.8, 4) is 17.2 Å². The zero-order valence-electron chi connectivity index (χ0n) is 10.9. The second kappa shape index (κ2) is 5.97. The van der Waals surface area contributed by atoms with Crippen LogP contribution in [0.4, 0.5) is 0 Å². The first-order valence-electron chi connectivity index (χ1n) is 6.00. The smallest absolute Gasteiger partial charge is 0.128 e. The van der Waals surface area contributed by atoms with Crippen molar-refractivity contribution in [2.45, 2.75) is 6.42 Å². The number of oxime groups is 1. The molecule has 2 aromatic carbocycles. The van der Waals surface area contributed by atoms with E-state index in [-0.39, 0.29) is 11.5 Å². The summed E-state index contributed by atoms with van der Waals surface area (Å²) >= 11 is 0. The average molecular weight is 273 g/mol. The lowest BCUT2D eigenvalue weighted by atomic mass is 10.0. The number of hydrogen-bond acceptors (Lipinski definition) is 5. The number of hydrogen-bond donors (Lipinski definition) is 3. The van der Waals surface area contributed by atoms with E-state index >= 15 is 0 Å². The van der Waals surface area contributed by atoms with E-state index in [1.54, 1.807) is 7.11 Å². The molecule has 3 N–H and O–H groups in total. The molecule has 0 unspecified atom stereocenters. The van der Waals surface area contributed by atoms with Crippen LogP contribution in [0.15, 0.2) is 47.6 Å². The molecule has 0 radical (unpaired) electrons. The summed E-state index contributed by atoms with van der Waals surface area (Å²) < 4.78 is 5.13. The molecule has 2 rings (SSSR count). The molecule has 0 spiro atoms. The summed E-state index contributed by atoms with van der Waals surface area (Å²) in [6, 6.07) is 11.5. The van der Waals surface area contributed by atoms with Crippen molar-refractivity contribution in [3.63, 3.8) is 0 Å². The SMILES string of the molecule is COc1cccc(C/C(=N\O)c2ccc(O)cc2O)c1. The van der Waals surface area contributed by atoms with Crippen molar-refractivity contribution in [3.05, 3.63) is 53.6 Å². The monoisotopic (exact) mass is 273 g/mol. The van der Waals surface area contributed by atoms with Crippen LogP contribution >= 0.6 is 0 Å². The van der Waals surface area contributed by atoms with Gasteiger partial charge in [0.2, 0.25) is 0 Å². The predicted octanol–water partition coefficient (Wildman–Crippen LogP) is 2.53. The van der Waals surface area contributed by atoms with Crippen molar-refractivity contribution in [2.75, 3.05) is 7.11 Å². The predicted molar refractivity (Wildman–Crippen MR) is 74.8 cm³/mol. The number of benzene rings is 2. The van der Waals surface area contributed by atoms with Gasteiger partial charge in [0.15, 0.2) is 0 Å². The van der Waals surface area contributed by atoms with Crippen molar-refractivity contribution < 1.29 is 20.2 Å². The first kappa shape index (κ1) is 13.7. The highest BCUT2D eigenvalue weighted by atomic mass is 16.5. The molecule has 0 aliphatic carbocycles. The third kappa shape index (κ3) is 3.00. The third-order valence-electron chi connectivity index (χ3n) is 2.92. The van der Waals surface area contributed by atoms with Crippen LogP contribution in [0.2, 0.25) is 0 Å². The number of rotatable bonds is 4. The highest BCUT2D eigenvalue weighted by Gasteiger charge is 2.12. The van der Waals surface area contributed by atoms with E-state index in [1.165, 1.54) is 18.2 Å². The van der Waals surface area contributed by atoms with Gasteiger partial charge in [0, 0.05) is 18.1 Å². The molecule has 0 heterocycles. The maximum absolute atomic E-state index is 9.80. The molecular formula is C15H15NO4. The summed E-state index contributed by atoms with van der Waals surface area (Å²) in [6.45, 7) is 0. The van der Waals surface area contributed by atoms with Gasteiger partial charge < -0.3 is 20.2 Å². The van der Waals surface area contributed by atoms with Crippen LogP contribution in [0.5, 0.6) is 17.2 Å². The van der Waals surface area contributed by atoms with Crippen LogP contribution in [-0.2, 0) is 6.42 Å². The maximum Gasteiger partial charge on any atom is 0.128 e. The Labute approximate surface area is 116 Å². The number of methoxy groups -OCH3 is 1. The molecule has 0 amide bonds. The fourth-order valence-electron chi connectivity index (χ4n) is 1.92. The van der Waals surface area contributed by atoms with E-state index in [4.69, 9.17) is 9.94 Å². The first-order valence-corrected chi connectivity index (χ1v) is 6.00. The molecule has 104 valence electrons. The zero-order valence-corrected chi connectivity index (χ0v) is 10.9. The van der Waals surface area contributed by atoms with Gasteiger partial charge in [-0.15, -0.1) is 0 Å². The molecular weight excluding hydrogens is 258 g/mol. The van der Waals surface area contributed by atoms with E-state index < -0.39 is 0 Å². The molecule has 0 saturated carbocycles. The van der Waals surface area contributed by atoms with Gasteiger partial charge in [0.1, 0.15) is 17.2 Å². The van der Waals surface area contributed by atoms with Gasteiger partial charge in [-0.05, 0) is 29.8 Å². The number of phenols is 2. The van der Waals surface area contributed by atoms with Gasteiger partial charge in [-0.3, -0.25) is 0 Å². The molecule has 0 atom stereocenters. The van der Waals surface area contributed by atoms with Crippen molar-refractivity contribution in [1.29, 1.82) is 0 Å². The van der Waals surface area contributed by atoms with E-state index in [0.29, 0.717) is 23.4 Å². The summed E-state index contributed by atoms with van der Waals surface area (Å²) in [5, 5.41) is 31.4. The van der Waals surface area contributed by atoms with Crippen LogP contribution in [0, 0.1) is 0 Å². The van der Waals surface area contributed by atoms with Crippen molar-refractivity contribution in [2.24, 2.45) is 5.16 Å². The molecule has 5 heteroatoms. The fourth-order valence-corrected chi connectivity index (χ4v) is 1.92. The Kier molecular flexibility index (Phi) is 4.10. The van der Waals surface area contributed by atoms with Gasteiger partial charge in [-0.1, -0.05) is 17.3 Å². The standard InChI is InChI=1S/C15H15NO4/c1-20-12-4-2-3-10(7-12)8-14(16-19)13-6-5-11(17)9-15(13)18/h2-7,9,17-19H,8H2,1H3/b16-14+. The second-order valence-corrected chi connectivity index (χ2v) is 4.28. The highest BCUT2D eigenvalue weighted by Crippen LogP contribution is 2.25. The summed E-state index contributed by atoms with van der Waals surface area (Å²) in [5.41, 5.74) is 1.55. The minimum Gasteiger partial charge on any atom is -0.508 e. The summed E-state index contributed by atoms with van der Waals surface area (Å²) in [5.74, 6) is 0.514. The van der Waals surface area contributed by atoms with Gasteiger partial charge in [0.05, 0.1) is 12.8 Å². The highest BCUT2D eigenvalue weighted by molar-refractivity contribution is 6.03. The number of phenolic OH excluding ortho intramolecular Hbond substituents is 2. The molecule has 2 aromatic rings. The van der Waals surface area contributed by atoms with E-state index in [9.17, 15) is 10.2 Å². The Morgan fingerprint density at radius 3 is 2.60 bits per heavy atom. The summed E-state index contributed by atoms with van der Waals surface area (Å²) in [7, 11) is 1.58. The Hall–Kier alpha value is -2.69. The number of ether oxygens (including phenoxy) is 1. The average Bonchev–Trinajstić information content (AvgIpc) is 2.45. The minimum atomic E-state index is -0.138. The normalized spacial score (nSPS) is 11.3. The van der Waals surface area contributed by atoms with E-state index in [0.717, 1.165) is 5.56 Å². The third-order valence-corrected chi connectivity index (χ3v) is 2.92. The lowest BCUT2D eigenvalue weighted by Gasteiger charge is -2.08. The van der Waals surface area contributed by atoms with Crippen molar-refractivity contribution >= 4 is 5.71 Å². The molecule has 0 bridgehead atoms. The molecule has 20 heavy (non-hydrogen) atoms. The molecule has 0 fully saturated rings. The quantitative estimate of drug-likeness (QED) is 0.454. The molecule has 0 aliphatic rings. The summed E-state index contributed by atoms with van der Waals surface area (Å²) in [4.78, 5) is 0. The summed E-state index contributed by atoms with van der Waals surface area (Å²) in [6.07, 6.45) is 0.325. The largest absolute Gasteiger partial charge is 0.508 e. The van der Waals surface area contributed by atoms with Crippen LogP contribution in [-0.4, -0.2) is 28.2 Å². The maximum atomic E-state index is 9.80.